The molecule has 60 valence electrons. The molecule has 0 spiro atoms. The van der Waals surface area contributed by atoms with Gasteiger partial charge in [-0.3, -0.25) is 0 Å². The van der Waals surface area contributed by atoms with Crippen molar-refractivity contribution in [2.75, 3.05) is 0 Å². The van der Waals surface area contributed by atoms with Gasteiger partial charge >= 0.3 is 0 Å². The first kappa shape index (κ1) is 8.27. The highest BCUT2D eigenvalue weighted by Crippen LogP contribution is 2.49. The fourth-order valence-electron chi connectivity index (χ4n) is 1.11. The molecule has 1 heterocycles. The van der Waals surface area contributed by atoms with Gasteiger partial charge in [0.1, 0.15) is 0 Å². The summed E-state index contributed by atoms with van der Waals surface area (Å²) >= 11 is 9.10. The third-order valence-electron chi connectivity index (χ3n) is 1.93. The number of hydrogen-bond acceptors (Lipinski definition) is 1. The van der Waals surface area contributed by atoms with Crippen molar-refractivity contribution in [1.82, 2.24) is 0 Å². The summed E-state index contributed by atoms with van der Waals surface area (Å²) in [4.78, 5) is 2.05. The zero-order valence-corrected chi connectivity index (χ0v) is 9.88. The Labute approximate surface area is 87.3 Å². The Bertz CT molecular complexity index is 252. The van der Waals surface area contributed by atoms with Crippen LogP contribution in [0.4, 0.5) is 0 Å². The van der Waals surface area contributed by atoms with E-state index in [1.54, 1.807) is 0 Å². The summed E-state index contributed by atoms with van der Waals surface area (Å²) in [6, 6.07) is 2.12. The van der Waals surface area contributed by atoms with E-state index in [1.165, 1.54) is 22.2 Å². The fourth-order valence-corrected chi connectivity index (χ4v) is 4.20. The number of hydrogen-bond donors (Lipinski definition) is 0. The Morgan fingerprint density at radius 3 is 2.73 bits per heavy atom. The lowest BCUT2D eigenvalue weighted by atomic mass is 10.2. The molecule has 3 heteroatoms. The van der Waals surface area contributed by atoms with Gasteiger partial charge in [-0.25, -0.2) is 0 Å². The van der Waals surface area contributed by atoms with Crippen LogP contribution in [-0.4, -0.2) is 0 Å². The van der Waals surface area contributed by atoms with E-state index < -0.39 is 0 Å². The molecule has 0 aliphatic heterocycles. The van der Waals surface area contributed by atoms with E-state index in [0.717, 1.165) is 5.92 Å². The normalized spacial score (nSPS) is 20.2. The largest absolute Gasteiger partial charge is 0.147 e. The molecule has 0 N–H and O–H groups in total. The van der Waals surface area contributed by atoms with Crippen molar-refractivity contribution in [3.63, 3.8) is 0 Å². The summed E-state index contributed by atoms with van der Waals surface area (Å²) in [5.41, 5.74) is 0. The third-order valence-corrected chi connectivity index (χ3v) is 5.39. The van der Waals surface area contributed by atoms with Crippen LogP contribution in [0, 0.1) is 5.92 Å². The van der Waals surface area contributed by atoms with E-state index in [0.29, 0.717) is 4.83 Å². The molecule has 1 unspecified atom stereocenters. The van der Waals surface area contributed by atoms with Crippen molar-refractivity contribution in [3.05, 3.63) is 20.8 Å². The lowest BCUT2D eigenvalue weighted by Crippen LogP contribution is -1.87. The lowest BCUT2D eigenvalue weighted by Gasteiger charge is -2.04. The summed E-state index contributed by atoms with van der Waals surface area (Å²) in [6.07, 6.45) is 2.78. The second-order valence-electron chi connectivity index (χ2n) is 2.87. The molecular weight excluding hydrogens is 288 g/mol. The van der Waals surface area contributed by atoms with Crippen molar-refractivity contribution in [1.29, 1.82) is 0 Å². The second-order valence-corrected chi connectivity index (χ2v) is 5.66. The molecule has 0 aromatic carbocycles. The Balaban J connectivity index is 2.20. The van der Waals surface area contributed by atoms with Crippen LogP contribution in [0.2, 0.25) is 0 Å². The minimum atomic E-state index is 0.594. The maximum absolute atomic E-state index is 3.72. The lowest BCUT2D eigenvalue weighted by molar-refractivity contribution is 0.834. The number of rotatable bonds is 2. The summed E-state index contributed by atoms with van der Waals surface area (Å²) in [6.45, 7) is 0. The van der Waals surface area contributed by atoms with Gasteiger partial charge in [0.15, 0.2) is 0 Å². The Morgan fingerprint density at radius 1 is 1.55 bits per heavy atom. The van der Waals surface area contributed by atoms with E-state index >= 15 is 0 Å². The first-order chi connectivity index (χ1) is 5.29. The van der Waals surface area contributed by atoms with Gasteiger partial charge in [0.25, 0.3) is 0 Å². The Kier molecular flexibility index (Phi) is 2.40. The van der Waals surface area contributed by atoms with Crippen LogP contribution >= 0.6 is 43.2 Å². The highest BCUT2D eigenvalue weighted by atomic mass is 79.9. The standard InChI is InChI=1S/C8H8Br2S/c9-6-3-4-11-8(6)7(10)5-1-2-5/h3-5,7H,1-2H2. The Morgan fingerprint density at radius 2 is 2.27 bits per heavy atom. The maximum atomic E-state index is 3.72. The molecule has 0 bridgehead atoms. The summed E-state index contributed by atoms with van der Waals surface area (Å²) < 4.78 is 1.26. The highest BCUT2D eigenvalue weighted by Gasteiger charge is 2.31. The number of alkyl halides is 1. The van der Waals surface area contributed by atoms with Crippen molar-refractivity contribution >= 4 is 43.2 Å². The van der Waals surface area contributed by atoms with Crippen LogP contribution in [0.1, 0.15) is 22.5 Å². The summed E-state index contributed by atoms with van der Waals surface area (Å²) in [5, 5.41) is 2.13. The van der Waals surface area contributed by atoms with Gasteiger partial charge in [0.2, 0.25) is 0 Å². The van der Waals surface area contributed by atoms with Gasteiger partial charge in [-0.15, -0.1) is 11.3 Å². The van der Waals surface area contributed by atoms with Crippen LogP contribution in [0.5, 0.6) is 0 Å². The maximum Gasteiger partial charge on any atom is 0.0528 e. The van der Waals surface area contributed by atoms with Gasteiger partial charge in [-0.05, 0) is 46.1 Å². The third kappa shape index (κ3) is 1.70. The van der Waals surface area contributed by atoms with Crippen LogP contribution in [-0.2, 0) is 0 Å². The molecular formula is C8H8Br2S. The monoisotopic (exact) mass is 294 g/mol. The zero-order chi connectivity index (χ0) is 7.84. The van der Waals surface area contributed by atoms with E-state index in [1.807, 2.05) is 11.3 Å². The van der Waals surface area contributed by atoms with Crippen molar-refractivity contribution < 1.29 is 0 Å². The first-order valence-corrected chi connectivity index (χ1v) is 6.25. The molecule has 1 aromatic rings. The predicted molar refractivity (Wildman–Crippen MR) is 56.4 cm³/mol. The van der Waals surface area contributed by atoms with Crippen LogP contribution < -0.4 is 0 Å². The average molecular weight is 296 g/mol. The molecule has 1 aliphatic carbocycles. The van der Waals surface area contributed by atoms with Crippen molar-refractivity contribution in [2.45, 2.75) is 17.7 Å². The molecule has 1 aliphatic rings. The molecule has 0 radical (unpaired) electrons. The van der Waals surface area contributed by atoms with E-state index in [4.69, 9.17) is 0 Å². The van der Waals surface area contributed by atoms with Gasteiger partial charge in [0.05, 0.1) is 4.83 Å². The topological polar surface area (TPSA) is 0 Å². The van der Waals surface area contributed by atoms with Crippen LogP contribution in [0.25, 0.3) is 0 Å². The fraction of sp³-hybridized carbons (Fsp3) is 0.500. The van der Waals surface area contributed by atoms with Gasteiger partial charge in [-0.1, -0.05) is 15.9 Å². The molecule has 1 saturated carbocycles. The number of halogens is 2. The predicted octanol–water partition coefficient (Wildman–Crippen LogP) is 4.36. The Hall–Kier alpha value is 0.660. The molecule has 1 aromatic heterocycles. The smallest absolute Gasteiger partial charge is 0.0528 e. The quantitative estimate of drug-likeness (QED) is 0.711. The van der Waals surface area contributed by atoms with E-state index in [9.17, 15) is 0 Å². The molecule has 0 amide bonds. The van der Waals surface area contributed by atoms with Crippen LogP contribution in [0.15, 0.2) is 15.9 Å². The first-order valence-electron chi connectivity index (χ1n) is 3.66. The SMILES string of the molecule is Brc1ccsc1C(Br)C1CC1. The van der Waals surface area contributed by atoms with E-state index in [-0.39, 0.29) is 0 Å². The van der Waals surface area contributed by atoms with Crippen molar-refractivity contribution in [2.24, 2.45) is 5.92 Å². The zero-order valence-electron chi connectivity index (χ0n) is 5.89. The van der Waals surface area contributed by atoms with Gasteiger partial charge in [-0.2, -0.15) is 0 Å². The summed E-state index contributed by atoms with van der Waals surface area (Å²) in [7, 11) is 0. The van der Waals surface area contributed by atoms with Crippen molar-refractivity contribution in [3.8, 4) is 0 Å². The van der Waals surface area contributed by atoms with E-state index in [2.05, 4.69) is 43.3 Å². The highest BCUT2D eigenvalue weighted by molar-refractivity contribution is 9.11. The van der Waals surface area contributed by atoms with Gasteiger partial charge < -0.3 is 0 Å². The molecule has 11 heavy (non-hydrogen) atoms. The second kappa shape index (κ2) is 3.19. The van der Waals surface area contributed by atoms with Crippen LogP contribution in [0.3, 0.4) is 0 Å². The molecule has 1 fully saturated rings. The van der Waals surface area contributed by atoms with Gasteiger partial charge in [0, 0.05) is 9.35 Å². The molecule has 0 saturated heterocycles. The minimum Gasteiger partial charge on any atom is -0.147 e. The molecule has 1 atom stereocenters. The summed E-state index contributed by atoms with van der Waals surface area (Å²) in [5.74, 6) is 0.893. The number of thiophene rings is 1. The average Bonchev–Trinajstić information content (AvgIpc) is 2.74. The minimum absolute atomic E-state index is 0.594. The molecule has 0 nitrogen and oxygen atoms in total. The molecule has 2 rings (SSSR count).